The number of rotatable bonds is 4. The lowest BCUT2D eigenvalue weighted by Crippen LogP contribution is -2.38. The molecule has 2 N–H and O–H groups in total. The Kier molecular flexibility index (Phi) is 3.87. The van der Waals surface area contributed by atoms with E-state index in [-0.39, 0.29) is 12.1 Å². The number of ether oxygens (including phenoxy) is 2. The molecule has 0 aliphatic carbocycles. The van der Waals surface area contributed by atoms with Crippen LogP contribution in [-0.2, 0) is 0 Å². The fraction of sp³-hybridized carbons (Fsp3) is 0.235. The van der Waals surface area contributed by atoms with Crippen molar-refractivity contribution in [2.45, 2.75) is 13.1 Å². The third-order valence-corrected chi connectivity index (χ3v) is 3.58. The standard InChI is InChI=1S/C17H18N2O3/c1-3-22-15-12(8-6-10-14(15)21-2)16-18-13-9-5-4-7-11(13)17(20)19-16/h4-10,16,18H,3H2,1-2H3,(H,19,20). The van der Waals surface area contributed by atoms with Gasteiger partial charge in [0.15, 0.2) is 11.5 Å². The van der Waals surface area contributed by atoms with Gasteiger partial charge < -0.3 is 20.1 Å². The fourth-order valence-electron chi connectivity index (χ4n) is 2.58. The second-order valence-corrected chi connectivity index (χ2v) is 4.91. The van der Waals surface area contributed by atoms with Crippen molar-refractivity contribution in [3.05, 3.63) is 53.6 Å². The molecule has 2 aromatic rings. The Bertz CT molecular complexity index is 700. The van der Waals surface area contributed by atoms with Crippen LogP contribution in [0.2, 0.25) is 0 Å². The zero-order chi connectivity index (χ0) is 15.5. The van der Waals surface area contributed by atoms with Crippen molar-refractivity contribution in [1.29, 1.82) is 0 Å². The van der Waals surface area contributed by atoms with Gasteiger partial charge in [0.1, 0.15) is 6.17 Å². The number of anilines is 1. The average Bonchev–Trinajstić information content (AvgIpc) is 2.55. The Morgan fingerprint density at radius 1 is 1.09 bits per heavy atom. The van der Waals surface area contributed by atoms with Crippen LogP contribution in [-0.4, -0.2) is 19.6 Å². The summed E-state index contributed by atoms with van der Waals surface area (Å²) < 4.78 is 11.1. The highest BCUT2D eigenvalue weighted by Crippen LogP contribution is 2.37. The Morgan fingerprint density at radius 2 is 1.91 bits per heavy atom. The van der Waals surface area contributed by atoms with Crippen molar-refractivity contribution in [3.8, 4) is 11.5 Å². The summed E-state index contributed by atoms with van der Waals surface area (Å²) in [5.41, 5.74) is 2.28. The molecular weight excluding hydrogens is 280 g/mol. The highest BCUT2D eigenvalue weighted by atomic mass is 16.5. The van der Waals surface area contributed by atoms with Crippen molar-refractivity contribution in [3.63, 3.8) is 0 Å². The van der Waals surface area contributed by atoms with E-state index in [2.05, 4.69) is 10.6 Å². The number of methoxy groups -OCH3 is 1. The summed E-state index contributed by atoms with van der Waals surface area (Å²) in [4.78, 5) is 12.3. The molecule has 1 unspecified atom stereocenters. The predicted molar refractivity (Wildman–Crippen MR) is 84.4 cm³/mol. The van der Waals surface area contributed by atoms with Crippen LogP contribution in [0.4, 0.5) is 5.69 Å². The summed E-state index contributed by atoms with van der Waals surface area (Å²) in [6.07, 6.45) is -0.362. The molecule has 0 spiro atoms. The van der Waals surface area contributed by atoms with Gasteiger partial charge in [-0.1, -0.05) is 24.3 Å². The first-order chi connectivity index (χ1) is 10.7. The van der Waals surface area contributed by atoms with Crippen LogP contribution in [0, 0.1) is 0 Å². The van der Waals surface area contributed by atoms with Crippen molar-refractivity contribution < 1.29 is 14.3 Å². The summed E-state index contributed by atoms with van der Waals surface area (Å²) in [5.74, 6) is 1.18. The SMILES string of the molecule is CCOc1c(OC)cccc1C1NC(=O)c2ccccc2N1. The van der Waals surface area contributed by atoms with E-state index in [1.54, 1.807) is 13.2 Å². The quantitative estimate of drug-likeness (QED) is 0.911. The first kappa shape index (κ1) is 14.3. The second-order valence-electron chi connectivity index (χ2n) is 4.91. The molecule has 2 aromatic carbocycles. The third-order valence-electron chi connectivity index (χ3n) is 3.58. The number of carbonyl (C=O) groups is 1. The molecule has 1 atom stereocenters. The molecular formula is C17H18N2O3. The van der Waals surface area contributed by atoms with Gasteiger partial charge in [-0.05, 0) is 25.1 Å². The summed E-state index contributed by atoms with van der Waals surface area (Å²) in [6, 6.07) is 13.1. The third kappa shape index (κ3) is 2.45. The number of benzene rings is 2. The van der Waals surface area contributed by atoms with Crippen LogP contribution in [0.1, 0.15) is 29.0 Å². The maximum Gasteiger partial charge on any atom is 0.255 e. The zero-order valence-electron chi connectivity index (χ0n) is 12.6. The van der Waals surface area contributed by atoms with E-state index < -0.39 is 0 Å². The van der Waals surface area contributed by atoms with Crippen LogP contribution < -0.4 is 20.1 Å². The van der Waals surface area contributed by atoms with Gasteiger partial charge in [0.2, 0.25) is 0 Å². The van der Waals surface area contributed by atoms with Crippen molar-refractivity contribution in [2.24, 2.45) is 0 Å². The molecule has 1 aliphatic rings. The molecule has 5 heteroatoms. The van der Waals surface area contributed by atoms with Gasteiger partial charge in [0.25, 0.3) is 5.91 Å². The second kappa shape index (κ2) is 5.97. The molecule has 0 aromatic heterocycles. The Labute approximate surface area is 129 Å². The molecule has 0 saturated carbocycles. The lowest BCUT2D eigenvalue weighted by molar-refractivity contribution is 0.0935. The first-order valence-electron chi connectivity index (χ1n) is 7.20. The lowest BCUT2D eigenvalue weighted by Gasteiger charge is -2.29. The minimum absolute atomic E-state index is 0.107. The number of nitrogens with one attached hydrogen (secondary N) is 2. The zero-order valence-corrected chi connectivity index (χ0v) is 12.6. The van der Waals surface area contributed by atoms with Crippen molar-refractivity contribution in [1.82, 2.24) is 5.32 Å². The van der Waals surface area contributed by atoms with E-state index in [0.29, 0.717) is 23.7 Å². The lowest BCUT2D eigenvalue weighted by atomic mass is 10.0. The molecule has 0 radical (unpaired) electrons. The first-order valence-corrected chi connectivity index (χ1v) is 7.20. The van der Waals surface area contributed by atoms with E-state index in [9.17, 15) is 4.79 Å². The van der Waals surface area contributed by atoms with Crippen LogP contribution >= 0.6 is 0 Å². The maximum absolute atomic E-state index is 12.3. The highest BCUT2D eigenvalue weighted by Gasteiger charge is 2.27. The molecule has 1 heterocycles. The minimum Gasteiger partial charge on any atom is -0.493 e. The predicted octanol–water partition coefficient (Wildman–Crippen LogP) is 2.95. The van der Waals surface area contributed by atoms with Crippen molar-refractivity contribution >= 4 is 11.6 Å². The van der Waals surface area contributed by atoms with Crippen LogP contribution in [0.25, 0.3) is 0 Å². The number of hydrogen-bond acceptors (Lipinski definition) is 4. The van der Waals surface area contributed by atoms with Gasteiger partial charge in [-0.25, -0.2) is 0 Å². The normalized spacial score (nSPS) is 16.3. The molecule has 0 fully saturated rings. The number of amides is 1. The molecule has 1 aliphatic heterocycles. The van der Waals surface area contributed by atoms with Crippen LogP contribution in [0.15, 0.2) is 42.5 Å². The van der Waals surface area contributed by atoms with Gasteiger partial charge in [0.05, 0.1) is 19.3 Å². The van der Waals surface area contributed by atoms with Crippen LogP contribution in [0.5, 0.6) is 11.5 Å². The van der Waals surface area contributed by atoms with Crippen LogP contribution in [0.3, 0.4) is 0 Å². The Hall–Kier alpha value is -2.69. The van der Waals surface area contributed by atoms with E-state index in [1.165, 1.54) is 0 Å². The van der Waals surface area contributed by atoms with Crippen molar-refractivity contribution in [2.75, 3.05) is 19.0 Å². The Morgan fingerprint density at radius 3 is 2.68 bits per heavy atom. The molecule has 0 bridgehead atoms. The molecule has 114 valence electrons. The van der Waals surface area contributed by atoms with E-state index >= 15 is 0 Å². The molecule has 0 saturated heterocycles. The number of fused-ring (bicyclic) bond motifs is 1. The topological polar surface area (TPSA) is 59.6 Å². The number of para-hydroxylation sites is 2. The molecule has 22 heavy (non-hydrogen) atoms. The van der Waals surface area contributed by atoms with Gasteiger partial charge in [0, 0.05) is 11.3 Å². The molecule has 1 amide bonds. The molecule has 3 rings (SSSR count). The van der Waals surface area contributed by atoms with Gasteiger partial charge in [-0.3, -0.25) is 4.79 Å². The monoisotopic (exact) mass is 298 g/mol. The van der Waals surface area contributed by atoms with Gasteiger partial charge in [-0.2, -0.15) is 0 Å². The van der Waals surface area contributed by atoms with E-state index in [1.807, 2.05) is 43.3 Å². The fourth-order valence-corrected chi connectivity index (χ4v) is 2.58. The summed E-state index contributed by atoms with van der Waals surface area (Å²) in [5, 5.41) is 6.28. The summed E-state index contributed by atoms with van der Waals surface area (Å²) in [7, 11) is 1.60. The number of hydrogen-bond donors (Lipinski definition) is 2. The largest absolute Gasteiger partial charge is 0.493 e. The summed E-state index contributed by atoms with van der Waals surface area (Å²) >= 11 is 0. The Balaban J connectivity index is 2.01. The summed E-state index contributed by atoms with van der Waals surface area (Å²) in [6.45, 7) is 2.43. The minimum atomic E-state index is -0.362. The maximum atomic E-state index is 12.3. The molecule has 5 nitrogen and oxygen atoms in total. The van der Waals surface area contributed by atoms with Gasteiger partial charge >= 0.3 is 0 Å². The van der Waals surface area contributed by atoms with Gasteiger partial charge in [-0.15, -0.1) is 0 Å². The average molecular weight is 298 g/mol. The van der Waals surface area contributed by atoms with E-state index in [0.717, 1.165) is 11.3 Å². The van der Waals surface area contributed by atoms with E-state index in [4.69, 9.17) is 9.47 Å². The smallest absolute Gasteiger partial charge is 0.255 e. The number of carbonyl (C=O) groups excluding carboxylic acids is 1. The highest BCUT2D eigenvalue weighted by molar-refractivity contribution is 6.01.